The molecule has 0 spiro atoms. The fraction of sp³-hybridized carbons (Fsp3) is 0.273. The zero-order chi connectivity index (χ0) is 11.4. The zero-order valence-electron chi connectivity index (χ0n) is 9.10. The Morgan fingerprint density at radius 1 is 1.40 bits per heavy atom. The number of nitro groups is 1. The van der Waals surface area contributed by atoms with Gasteiger partial charge in [-0.3, -0.25) is 10.1 Å². The Hall–Kier alpha value is -1.84. The average Bonchev–Trinajstić information content (AvgIpc) is 2.16. The first-order valence-electron chi connectivity index (χ1n) is 4.61. The van der Waals surface area contributed by atoms with Gasteiger partial charge in [0, 0.05) is 26.4 Å². The molecular weight excluding hydrogens is 192 g/mol. The van der Waals surface area contributed by atoms with Crippen molar-refractivity contribution in [2.45, 2.75) is 6.92 Å². The lowest BCUT2D eigenvalue weighted by Crippen LogP contribution is -2.02. The van der Waals surface area contributed by atoms with E-state index < -0.39 is 0 Å². The molecule has 0 atom stereocenters. The third-order valence-corrected chi connectivity index (χ3v) is 1.98. The van der Waals surface area contributed by atoms with Crippen molar-refractivity contribution in [3.63, 3.8) is 0 Å². The van der Waals surface area contributed by atoms with Crippen LogP contribution in [0.15, 0.2) is 30.5 Å². The normalized spacial score (nSPS) is 11.3. The van der Waals surface area contributed by atoms with Gasteiger partial charge in [0.15, 0.2) is 0 Å². The molecule has 1 aromatic rings. The Morgan fingerprint density at radius 3 is 2.53 bits per heavy atom. The van der Waals surface area contributed by atoms with E-state index in [9.17, 15) is 10.1 Å². The van der Waals surface area contributed by atoms with Crippen LogP contribution in [0, 0.1) is 10.1 Å². The average molecular weight is 206 g/mol. The number of allylic oxidation sites excluding steroid dienone is 1. The van der Waals surface area contributed by atoms with Crippen LogP contribution in [-0.2, 0) is 0 Å². The van der Waals surface area contributed by atoms with Crippen LogP contribution >= 0.6 is 0 Å². The lowest BCUT2D eigenvalue weighted by Gasteiger charge is -2.08. The van der Waals surface area contributed by atoms with Gasteiger partial charge in [0.05, 0.1) is 10.5 Å². The van der Waals surface area contributed by atoms with Gasteiger partial charge in [-0.25, -0.2) is 0 Å². The second-order valence-electron chi connectivity index (χ2n) is 3.55. The molecular formula is C11H14N2O2. The molecule has 0 saturated carbocycles. The predicted molar refractivity (Wildman–Crippen MR) is 60.4 cm³/mol. The molecule has 0 bridgehead atoms. The quantitative estimate of drug-likeness (QED) is 0.564. The Kier molecular flexibility index (Phi) is 3.44. The molecule has 0 N–H and O–H groups in total. The summed E-state index contributed by atoms with van der Waals surface area (Å²) < 4.78 is 0. The maximum Gasteiger partial charge on any atom is 0.276 e. The fourth-order valence-corrected chi connectivity index (χ4v) is 1.42. The molecule has 0 unspecified atom stereocenters. The highest BCUT2D eigenvalue weighted by Gasteiger charge is 2.13. The summed E-state index contributed by atoms with van der Waals surface area (Å²) in [5.41, 5.74) is 1.69. The largest absolute Gasteiger partial charge is 0.383 e. The Balaban J connectivity index is 3.19. The van der Waals surface area contributed by atoms with Gasteiger partial charge in [0.1, 0.15) is 0 Å². The summed E-state index contributed by atoms with van der Waals surface area (Å²) in [5.74, 6) is 0. The van der Waals surface area contributed by atoms with Gasteiger partial charge >= 0.3 is 0 Å². The van der Waals surface area contributed by atoms with E-state index in [1.54, 1.807) is 18.2 Å². The highest BCUT2D eigenvalue weighted by atomic mass is 16.6. The SMILES string of the molecule is CC(=CN(C)C)c1ccccc1[N+](=O)[O-]. The van der Waals surface area contributed by atoms with Gasteiger partial charge in [0.25, 0.3) is 5.69 Å². The van der Waals surface area contributed by atoms with E-state index in [1.165, 1.54) is 6.07 Å². The van der Waals surface area contributed by atoms with E-state index in [2.05, 4.69) is 0 Å². The van der Waals surface area contributed by atoms with Crippen LogP contribution < -0.4 is 0 Å². The molecule has 4 heteroatoms. The minimum absolute atomic E-state index is 0.146. The summed E-state index contributed by atoms with van der Waals surface area (Å²) in [6.07, 6.45) is 1.86. The summed E-state index contributed by atoms with van der Waals surface area (Å²) in [6, 6.07) is 6.75. The van der Waals surface area contributed by atoms with E-state index in [4.69, 9.17) is 0 Å². The monoisotopic (exact) mass is 206 g/mol. The van der Waals surface area contributed by atoms with Crippen LogP contribution in [0.3, 0.4) is 0 Å². The number of nitro benzene ring substituents is 1. The van der Waals surface area contributed by atoms with Crippen molar-refractivity contribution < 1.29 is 4.92 Å². The van der Waals surface area contributed by atoms with Gasteiger partial charge in [-0.1, -0.05) is 12.1 Å². The number of rotatable bonds is 3. The van der Waals surface area contributed by atoms with Crippen LogP contribution in [0.25, 0.3) is 5.57 Å². The minimum atomic E-state index is -0.359. The third-order valence-electron chi connectivity index (χ3n) is 1.98. The topological polar surface area (TPSA) is 46.4 Å². The number of hydrogen-bond acceptors (Lipinski definition) is 3. The number of benzene rings is 1. The Bertz CT molecular complexity index is 397. The summed E-state index contributed by atoms with van der Waals surface area (Å²) in [6.45, 7) is 1.86. The summed E-state index contributed by atoms with van der Waals surface area (Å²) >= 11 is 0. The van der Waals surface area contributed by atoms with Crippen molar-refractivity contribution in [1.82, 2.24) is 4.90 Å². The predicted octanol–water partition coefficient (Wildman–Crippen LogP) is 2.52. The summed E-state index contributed by atoms with van der Waals surface area (Å²) in [4.78, 5) is 12.3. The standard InChI is InChI=1S/C11H14N2O2/c1-9(8-12(2)3)10-6-4-5-7-11(10)13(14)15/h4-8H,1-3H3. The van der Waals surface area contributed by atoms with Crippen molar-refractivity contribution in [2.75, 3.05) is 14.1 Å². The van der Waals surface area contributed by atoms with Gasteiger partial charge in [-0.05, 0) is 18.6 Å². The molecule has 80 valence electrons. The van der Waals surface area contributed by atoms with E-state index >= 15 is 0 Å². The van der Waals surface area contributed by atoms with E-state index in [-0.39, 0.29) is 10.6 Å². The molecule has 1 rings (SSSR count). The first-order valence-corrected chi connectivity index (χ1v) is 4.61. The molecule has 1 aromatic carbocycles. The zero-order valence-corrected chi connectivity index (χ0v) is 9.10. The Morgan fingerprint density at radius 2 is 2.00 bits per heavy atom. The van der Waals surface area contributed by atoms with E-state index in [0.717, 1.165) is 5.57 Å². The van der Waals surface area contributed by atoms with Crippen LogP contribution in [0.5, 0.6) is 0 Å². The van der Waals surface area contributed by atoms with Gasteiger partial charge in [-0.2, -0.15) is 0 Å². The van der Waals surface area contributed by atoms with Crippen molar-refractivity contribution in [1.29, 1.82) is 0 Å². The molecule has 0 amide bonds. The summed E-state index contributed by atoms with van der Waals surface area (Å²) in [7, 11) is 3.77. The maximum atomic E-state index is 10.8. The molecule has 0 aliphatic heterocycles. The van der Waals surface area contributed by atoms with Crippen LogP contribution in [-0.4, -0.2) is 23.9 Å². The van der Waals surface area contributed by atoms with Crippen molar-refractivity contribution in [3.05, 3.63) is 46.1 Å². The first-order chi connectivity index (χ1) is 7.02. The third kappa shape index (κ3) is 2.80. The molecule has 0 aliphatic carbocycles. The Labute approximate surface area is 89.0 Å². The van der Waals surface area contributed by atoms with E-state index in [0.29, 0.717) is 5.56 Å². The molecule has 0 radical (unpaired) electrons. The molecule has 0 fully saturated rings. The van der Waals surface area contributed by atoms with Crippen molar-refractivity contribution in [2.24, 2.45) is 0 Å². The van der Waals surface area contributed by atoms with E-state index in [1.807, 2.05) is 32.1 Å². The van der Waals surface area contributed by atoms with Gasteiger partial charge in [0.2, 0.25) is 0 Å². The first kappa shape index (κ1) is 11.2. The van der Waals surface area contributed by atoms with Gasteiger partial charge < -0.3 is 4.90 Å². The lowest BCUT2D eigenvalue weighted by atomic mass is 10.1. The maximum absolute atomic E-state index is 10.8. The second-order valence-corrected chi connectivity index (χ2v) is 3.55. The summed E-state index contributed by atoms with van der Waals surface area (Å²) in [5, 5.41) is 10.8. The molecule has 0 saturated heterocycles. The fourth-order valence-electron chi connectivity index (χ4n) is 1.42. The minimum Gasteiger partial charge on any atom is -0.383 e. The highest BCUT2D eigenvalue weighted by molar-refractivity contribution is 5.71. The van der Waals surface area contributed by atoms with Crippen molar-refractivity contribution in [3.8, 4) is 0 Å². The second kappa shape index (κ2) is 4.59. The highest BCUT2D eigenvalue weighted by Crippen LogP contribution is 2.25. The lowest BCUT2D eigenvalue weighted by molar-refractivity contribution is -0.385. The van der Waals surface area contributed by atoms with Crippen molar-refractivity contribution >= 4 is 11.3 Å². The number of para-hydroxylation sites is 1. The number of hydrogen-bond donors (Lipinski definition) is 0. The van der Waals surface area contributed by atoms with Crippen LogP contribution in [0.4, 0.5) is 5.69 Å². The number of nitrogens with zero attached hydrogens (tertiary/aromatic N) is 2. The molecule has 4 nitrogen and oxygen atoms in total. The molecule has 0 heterocycles. The molecule has 0 aromatic heterocycles. The molecule has 0 aliphatic rings. The molecule has 15 heavy (non-hydrogen) atoms. The smallest absolute Gasteiger partial charge is 0.276 e. The van der Waals surface area contributed by atoms with Crippen LogP contribution in [0.2, 0.25) is 0 Å². The van der Waals surface area contributed by atoms with Gasteiger partial charge in [-0.15, -0.1) is 0 Å². The van der Waals surface area contributed by atoms with Crippen LogP contribution in [0.1, 0.15) is 12.5 Å².